The molecule has 11 nitrogen and oxygen atoms in total. The van der Waals surface area contributed by atoms with Crippen molar-refractivity contribution in [3.05, 3.63) is 68.4 Å². The Morgan fingerprint density at radius 1 is 1.22 bits per heavy atom. The van der Waals surface area contributed by atoms with Crippen molar-refractivity contribution in [2.75, 3.05) is 5.32 Å². The minimum Gasteiger partial charge on any atom is -0.480 e. The van der Waals surface area contributed by atoms with Gasteiger partial charge in [0.2, 0.25) is 5.82 Å². The normalized spacial score (nSPS) is 11.9. The Kier molecular flexibility index (Phi) is 4.66. The lowest BCUT2D eigenvalue weighted by molar-refractivity contribution is -0.397. The first-order valence-corrected chi connectivity index (χ1v) is 7.70. The van der Waals surface area contributed by atoms with Gasteiger partial charge in [-0.3, -0.25) is 10.1 Å². The van der Waals surface area contributed by atoms with Gasteiger partial charge in [-0.25, -0.2) is 4.79 Å². The van der Waals surface area contributed by atoms with Crippen LogP contribution in [0.2, 0.25) is 0 Å². The highest BCUT2D eigenvalue weighted by molar-refractivity contribution is 5.85. The molecule has 11 heteroatoms. The van der Waals surface area contributed by atoms with Crippen molar-refractivity contribution in [2.45, 2.75) is 12.5 Å². The summed E-state index contributed by atoms with van der Waals surface area (Å²) in [5, 5.41) is 34.7. The van der Waals surface area contributed by atoms with E-state index in [0.29, 0.717) is 11.6 Å². The molecule has 0 aliphatic carbocycles. The van der Waals surface area contributed by atoms with Crippen molar-refractivity contribution in [1.29, 1.82) is 0 Å². The molecule has 0 bridgehead atoms. The van der Waals surface area contributed by atoms with E-state index >= 15 is 0 Å². The number of pyridine rings is 1. The maximum atomic E-state index is 11.6. The van der Waals surface area contributed by atoms with E-state index in [0.717, 1.165) is 17.0 Å². The number of nitrogens with zero attached hydrogens (tertiary/aromatic N) is 3. The molecule has 1 aromatic carbocycles. The van der Waals surface area contributed by atoms with E-state index in [1.807, 2.05) is 24.3 Å². The Morgan fingerprint density at radius 2 is 1.96 bits per heavy atom. The number of carboxylic acid groups (broad SMARTS) is 1. The van der Waals surface area contributed by atoms with Crippen LogP contribution in [0.15, 0.2) is 42.6 Å². The van der Waals surface area contributed by atoms with Crippen molar-refractivity contribution in [3.8, 4) is 0 Å². The zero-order valence-electron chi connectivity index (χ0n) is 13.7. The number of aromatic nitrogens is 2. The topological polar surface area (TPSA) is 164 Å². The monoisotopic (exact) mass is 371 g/mol. The quantitative estimate of drug-likeness (QED) is 0.421. The molecule has 1 atom stereocenters. The fourth-order valence-corrected chi connectivity index (χ4v) is 2.67. The fraction of sp³-hybridized carbons (Fsp3) is 0.125. The van der Waals surface area contributed by atoms with E-state index < -0.39 is 33.4 Å². The predicted molar refractivity (Wildman–Crippen MR) is 94.6 cm³/mol. The molecule has 0 saturated heterocycles. The molecule has 0 fully saturated rings. The molecule has 0 radical (unpaired) electrons. The van der Waals surface area contributed by atoms with Gasteiger partial charge in [0.25, 0.3) is 5.69 Å². The highest BCUT2D eigenvalue weighted by Crippen LogP contribution is 2.24. The molecule has 3 aromatic rings. The van der Waals surface area contributed by atoms with Gasteiger partial charge in [0.1, 0.15) is 12.1 Å². The summed E-state index contributed by atoms with van der Waals surface area (Å²) in [6, 6.07) is 7.79. The summed E-state index contributed by atoms with van der Waals surface area (Å²) in [5.41, 5.74) is 0.988. The number of benzene rings is 1. The van der Waals surface area contributed by atoms with Gasteiger partial charge in [-0.1, -0.05) is 18.2 Å². The van der Waals surface area contributed by atoms with Gasteiger partial charge in [0.05, 0.1) is 11.0 Å². The minimum atomic E-state index is -1.23. The van der Waals surface area contributed by atoms with Crippen LogP contribution in [0, 0.1) is 20.2 Å². The van der Waals surface area contributed by atoms with Gasteiger partial charge in [-0.15, -0.1) is 0 Å². The second-order valence-corrected chi connectivity index (χ2v) is 5.68. The van der Waals surface area contributed by atoms with E-state index in [9.17, 15) is 30.1 Å². The average Bonchev–Trinajstić information content (AvgIpc) is 3.04. The van der Waals surface area contributed by atoms with Crippen molar-refractivity contribution in [3.63, 3.8) is 0 Å². The molecule has 3 N–H and O–H groups in total. The Labute approximate surface area is 151 Å². The van der Waals surface area contributed by atoms with Gasteiger partial charge in [0, 0.05) is 23.5 Å². The van der Waals surface area contributed by atoms with Crippen LogP contribution in [0.1, 0.15) is 5.56 Å². The number of carboxylic acids is 1. The third kappa shape index (κ3) is 3.81. The maximum absolute atomic E-state index is 11.6. The molecule has 0 spiro atoms. The summed E-state index contributed by atoms with van der Waals surface area (Å²) >= 11 is 0. The molecule has 0 unspecified atom stereocenters. The SMILES string of the molecule is O=C(O)[C@H](Cc1c[nH]c2ccccc12)Nc1cc([N+](=O)[O-])cc([N+](=O)[O-])n1. The molecule has 138 valence electrons. The molecule has 2 aromatic heterocycles. The molecule has 0 aliphatic rings. The summed E-state index contributed by atoms with van der Waals surface area (Å²) < 4.78 is 0. The van der Waals surface area contributed by atoms with Crippen LogP contribution in [0.5, 0.6) is 0 Å². The number of nitro groups is 2. The lowest BCUT2D eigenvalue weighted by Crippen LogP contribution is -2.31. The largest absolute Gasteiger partial charge is 0.480 e. The number of rotatable bonds is 7. The molecular weight excluding hydrogens is 358 g/mol. The van der Waals surface area contributed by atoms with E-state index in [1.165, 1.54) is 0 Å². The van der Waals surface area contributed by atoms with Gasteiger partial charge in [-0.05, 0) is 21.5 Å². The van der Waals surface area contributed by atoms with Crippen LogP contribution in [-0.2, 0) is 11.2 Å². The third-order valence-electron chi connectivity index (χ3n) is 3.91. The lowest BCUT2D eigenvalue weighted by Gasteiger charge is -2.12. The van der Waals surface area contributed by atoms with Crippen LogP contribution in [-0.4, -0.2) is 36.9 Å². The summed E-state index contributed by atoms with van der Waals surface area (Å²) in [7, 11) is 0. The Morgan fingerprint density at radius 3 is 2.63 bits per heavy atom. The molecule has 0 saturated carbocycles. The fourth-order valence-electron chi connectivity index (χ4n) is 2.67. The summed E-state index contributed by atoms with van der Waals surface area (Å²) in [5.74, 6) is -2.23. The number of para-hydroxylation sites is 1. The van der Waals surface area contributed by atoms with E-state index in [-0.39, 0.29) is 12.2 Å². The highest BCUT2D eigenvalue weighted by Gasteiger charge is 2.25. The van der Waals surface area contributed by atoms with Crippen molar-refractivity contribution < 1.29 is 19.7 Å². The molecule has 0 aliphatic heterocycles. The van der Waals surface area contributed by atoms with Crippen LogP contribution in [0.4, 0.5) is 17.3 Å². The summed E-state index contributed by atoms with van der Waals surface area (Å²) in [6.07, 6.45) is 1.71. The summed E-state index contributed by atoms with van der Waals surface area (Å²) in [6.45, 7) is 0. The Bertz CT molecular complexity index is 1010. The zero-order chi connectivity index (χ0) is 19.6. The van der Waals surface area contributed by atoms with Crippen molar-refractivity contribution in [2.24, 2.45) is 0 Å². The van der Waals surface area contributed by atoms with Gasteiger partial charge in [-0.2, -0.15) is 0 Å². The lowest BCUT2D eigenvalue weighted by atomic mass is 10.0. The number of aromatic amines is 1. The predicted octanol–water partition coefficient (Wildman–Crippen LogP) is 2.49. The Balaban J connectivity index is 1.92. The molecule has 0 amide bonds. The highest BCUT2D eigenvalue weighted by atomic mass is 16.6. The van der Waals surface area contributed by atoms with E-state index in [1.54, 1.807) is 6.20 Å². The van der Waals surface area contributed by atoms with Crippen LogP contribution in [0.25, 0.3) is 10.9 Å². The number of anilines is 1. The van der Waals surface area contributed by atoms with Crippen LogP contribution >= 0.6 is 0 Å². The third-order valence-corrected chi connectivity index (χ3v) is 3.91. The first kappa shape index (κ1) is 17.8. The van der Waals surface area contributed by atoms with Gasteiger partial charge >= 0.3 is 11.8 Å². The van der Waals surface area contributed by atoms with Gasteiger partial charge in [0.15, 0.2) is 0 Å². The summed E-state index contributed by atoms with van der Waals surface area (Å²) in [4.78, 5) is 38.5. The standard InChI is InChI=1S/C16H13N5O6/c22-16(23)13(5-9-8-17-12-4-2-1-3-11(9)12)18-14-6-10(20(24)25)7-15(19-14)21(26)27/h1-4,6-8,13,17H,5H2,(H,18,19)(H,22,23)/t13-/m0/s1. The minimum absolute atomic E-state index is 0.0392. The number of carbonyl (C=O) groups is 1. The van der Waals surface area contributed by atoms with Crippen LogP contribution < -0.4 is 5.32 Å². The maximum Gasteiger partial charge on any atom is 0.372 e. The van der Waals surface area contributed by atoms with Crippen LogP contribution in [0.3, 0.4) is 0 Å². The number of H-pyrrole nitrogens is 1. The molecule has 3 rings (SSSR count). The number of hydrogen-bond donors (Lipinski definition) is 3. The van der Waals surface area contributed by atoms with Crippen molar-refractivity contribution >= 4 is 34.2 Å². The second-order valence-electron chi connectivity index (χ2n) is 5.68. The number of nitrogens with one attached hydrogen (secondary N) is 2. The Hall–Kier alpha value is -4.02. The number of fused-ring (bicyclic) bond motifs is 1. The van der Waals surface area contributed by atoms with Crippen molar-refractivity contribution in [1.82, 2.24) is 9.97 Å². The zero-order valence-corrected chi connectivity index (χ0v) is 13.7. The molecule has 27 heavy (non-hydrogen) atoms. The first-order chi connectivity index (χ1) is 12.8. The average molecular weight is 371 g/mol. The van der Waals surface area contributed by atoms with E-state index in [4.69, 9.17) is 0 Å². The molecular formula is C16H13N5O6. The van der Waals surface area contributed by atoms with E-state index in [2.05, 4.69) is 15.3 Å². The number of hydrogen-bond acceptors (Lipinski definition) is 7. The smallest absolute Gasteiger partial charge is 0.372 e. The first-order valence-electron chi connectivity index (χ1n) is 7.70. The molecule has 2 heterocycles. The number of aliphatic carboxylic acids is 1. The second kappa shape index (κ2) is 7.07. The van der Waals surface area contributed by atoms with Gasteiger partial charge < -0.3 is 25.5 Å².